The van der Waals surface area contributed by atoms with Crippen molar-refractivity contribution in [3.8, 4) is 0 Å². The topological polar surface area (TPSA) is 35.6 Å². The standard InChI is InChI=1S/C12H21F2N3O.2ClH/c1-16(2)9-3-5-17(6-4-9)11(18)10-7-12(13,14)8-15-10;;/h9-10,15H,3-8H2,1-2H3;2*1H. The number of nitrogens with one attached hydrogen (secondary N) is 1. The van der Waals surface area contributed by atoms with Gasteiger partial charge in [0.05, 0.1) is 12.6 Å². The lowest BCUT2D eigenvalue weighted by Gasteiger charge is -2.36. The molecule has 1 atom stereocenters. The van der Waals surface area contributed by atoms with Crippen LogP contribution in [0.1, 0.15) is 19.3 Å². The molecule has 2 aliphatic rings. The fraction of sp³-hybridized carbons (Fsp3) is 0.917. The van der Waals surface area contributed by atoms with Gasteiger partial charge in [-0.2, -0.15) is 0 Å². The van der Waals surface area contributed by atoms with Crippen molar-refractivity contribution >= 4 is 30.7 Å². The van der Waals surface area contributed by atoms with Gasteiger partial charge in [0, 0.05) is 25.6 Å². The molecule has 0 aliphatic carbocycles. The Morgan fingerprint density at radius 3 is 2.20 bits per heavy atom. The number of likely N-dealkylation sites (tertiary alicyclic amines) is 1. The summed E-state index contributed by atoms with van der Waals surface area (Å²) in [6.45, 7) is 0.967. The molecule has 4 nitrogen and oxygen atoms in total. The van der Waals surface area contributed by atoms with Crippen molar-refractivity contribution in [3.05, 3.63) is 0 Å². The van der Waals surface area contributed by atoms with Crippen LogP contribution in [0.15, 0.2) is 0 Å². The molecule has 2 aliphatic heterocycles. The van der Waals surface area contributed by atoms with Crippen molar-refractivity contribution < 1.29 is 13.6 Å². The Hall–Kier alpha value is -0.170. The monoisotopic (exact) mass is 333 g/mol. The predicted octanol–water partition coefficient (Wildman–Crippen LogP) is 1.38. The van der Waals surface area contributed by atoms with E-state index in [1.165, 1.54) is 0 Å². The minimum atomic E-state index is -2.73. The first-order chi connectivity index (χ1) is 8.39. The van der Waals surface area contributed by atoms with E-state index in [0.717, 1.165) is 12.8 Å². The highest BCUT2D eigenvalue weighted by Crippen LogP contribution is 2.26. The molecular formula is C12H23Cl2F2N3O. The fourth-order valence-electron chi connectivity index (χ4n) is 2.71. The Balaban J connectivity index is 0.00000180. The quantitative estimate of drug-likeness (QED) is 0.829. The third kappa shape index (κ3) is 4.69. The van der Waals surface area contributed by atoms with Gasteiger partial charge in [-0.05, 0) is 26.9 Å². The maximum Gasteiger partial charge on any atom is 0.262 e. The average molecular weight is 334 g/mol. The Morgan fingerprint density at radius 2 is 1.80 bits per heavy atom. The van der Waals surface area contributed by atoms with Gasteiger partial charge in [0.25, 0.3) is 5.92 Å². The molecule has 2 heterocycles. The first kappa shape index (κ1) is 19.8. The summed E-state index contributed by atoms with van der Waals surface area (Å²) in [4.78, 5) is 16.0. The van der Waals surface area contributed by atoms with Crippen LogP contribution in [0, 0.1) is 0 Å². The Labute approximate surface area is 131 Å². The molecule has 2 saturated heterocycles. The second-order valence-corrected chi connectivity index (χ2v) is 5.51. The number of piperidine rings is 1. The number of nitrogens with zero attached hydrogens (tertiary/aromatic N) is 2. The van der Waals surface area contributed by atoms with Gasteiger partial charge < -0.3 is 9.80 Å². The molecule has 0 radical (unpaired) electrons. The minimum Gasteiger partial charge on any atom is -0.341 e. The number of hydrogen-bond acceptors (Lipinski definition) is 3. The van der Waals surface area contributed by atoms with Crippen LogP contribution in [0.4, 0.5) is 8.78 Å². The number of hydrogen-bond donors (Lipinski definition) is 1. The van der Waals surface area contributed by atoms with Gasteiger partial charge in [0.1, 0.15) is 0 Å². The van der Waals surface area contributed by atoms with Crippen LogP contribution in [0.2, 0.25) is 0 Å². The molecule has 1 N–H and O–H groups in total. The zero-order valence-corrected chi connectivity index (χ0v) is 13.4. The highest BCUT2D eigenvalue weighted by Gasteiger charge is 2.43. The second-order valence-electron chi connectivity index (χ2n) is 5.51. The normalized spacial score (nSPS) is 26.1. The minimum absolute atomic E-state index is 0. The lowest BCUT2D eigenvalue weighted by atomic mass is 10.0. The Morgan fingerprint density at radius 1 is 1.25 bits per heavy atom. The molecule has 0 bridgehead atoms. The molecule has 0 aromatic rings. The number of halogens is 4. The van der Waals surface area contributed by atoms with E-state index in [1.807, 2.05) is 14.1 Å². The van der Waals surface area contributed by atoms with Gasteiger partial charge in [0.2, 0.25) is 5.91 Å². The maximum atomic E-state index is 13.1. The van der Waals surface area contributed by atoms with Gasteiger partial charge >= 0.3 is 0 Å². The van der Waals surface area contributed by atoms with Crippen LogP contribution in [-0.4, -0.2) is 67.4 Å². The molecule has 2 rings (SSSR count). The summed E-state index contributed by atoms with van der Waals surface area (Å²) in [6.07, 6.45) is 1.48. The molecule has 0 aromatic carbocycles. The highest BCUT2D eigenvalue weighted by atomic mass is 35.5. The van der Waals surface area contributed by atoms with Crippen molar-refractivity contribution in [1.29, 1.82) is 0 Å². The number of amides is 1. The van der Waals surface area contributed by atoms with E-state index < -0.39 is 12.0 Å². The summed E-state index contributed by atoms with van der Waals surface area (Å²) in [6, 6.07) is -0.206. The molecule has 0 aromatic heterocycles. The van der Waals surface area contributed by atoms with Crippen molar-refractivity contribution in [1.82, 2.24) is 15.1 Å². The zero-order chi connectivity index (χ0) is 13.3. The molecule has 0 spiro atoms. The van der Waals surface area contributed by atoms with Crippen molar-refractivity contribution in [3.63, 3.8) is 0 Å². The van der Waals surface area contributed by atoms with Gasteiger partial charge in [-0.15, -0.1) is 24.8 Å². The fourth-order valence-corrected chi connectivity index (χ4v) is 2.71. The van der Waals surface area contributed by atoms with E-state index in [9.17, 15) is 13.6 Å². The summed E-state index contributed by atoms with van der Waals surface area (Å²) >= 11 is 0. The summed E-state index contributed by atoms with van der Waals surface area (Å²) < 4.78 is 26.1. The van der Waals surface area contributed by atoms with Crippen molar-refractivity contribution in [2.24, 2.45) is 0 Å². The summed E-state index contributed by atoms with van der Waals surface area (Å²) in [7, 11) is 4.06. The van der Waals surface area contributed by atoms with Crippen molar-refractivity contribution in [2.75, 3.05) is 33.7 Å². The summed E-state index contributed by atoms with van der Waals surface area (Å²) in [5.74, 6) is -2.90. The van der Waals surface area contributed by atoms with Crippen molar-refractivity contribution in [2.45, 2.75) is 37.3 Å². The average Bonchev–Trinajstić information content (AvgIpc) is 2.69. The lowest BCUT2D eigenvalue weighted by Crippen LogP contribution is -2.49. The molecule has 1 amide bonds. The summed E-state index contributed by atoms with van der Waals surface area (Å²) in [5, 5.41) is 2.63. The van der Waals surface area contributed by atoms with Crippen LogP contribution in [0.25, 0.3) is 0 Å². The Bertz CT molecular complexity index is 324. The van der Waals surface area contributed by atoms with E-state index >= 15 is 0 Å². The van der Waals surface area contributed by atoms with Crippen LogP contribution in [0.5, 0.6) is 0 Å². The number of alkyl halides is 2. The molecule has 120 valence electrons. The van der Waals surface area contributed by atoms with Crippen LogP contribution in [-0.2, 0) is 4.79 Å². The number of carbonyl (C=O) groups is 1. The zero-order valence-electron chi connectivity index (χ0n) is 11.8. The third-order valence-electron chi connectivity index (χ3n) is 3.91. The van der Waals surface area contributed by atoms with E-state index in [4.69, 9.17) is 0 Å². The first-order valence-electron chi connectivity index (χ1n) is 6.45. The van der Waals surface area contributed by atoms with Crippen LogP contribution >= 0.6 is 24.8 Å². The molecule has 2 fully saturated rings. The summed E-state index contributed by atoms with van der Waals surface area (Å²) in [5.41, 5.74) is 0. The number of rotatable bonds is 2. The number of carbonyl (C=O) groups excluding carboxylic acids is 1. The van der Waals surface area contributed by atoms with E-state index in [0.29, 0.717) is 19.1 Å². The largest absolute Gasteiger partial charge is 0.341 e. The smallest absolute Gasteiger partial charge is 0.262 e. The molecule has 1 unspecified atom stereocenters. The van der Waals surface area contributed by atoms with Gasteiger partial charge in [-0.1, -0.05) is 0 Å². The molecule has 20 heavy (non-hydrogen) atoms. The molecular weight excluding hydrogens is 311 g/mol. The molecule has 8 heteroatoms. The lowest BCUT2D eigenvalue weighted by molar-refractivity contribution is -0.135. The van der Waals surface area contributed by atoms with Gasteiger partial charge in [-0.25, -0.2) is 8.78 Å². The Kier molecular flexibility index (Phi) is 7.66. The van der Waals surface area contributed by atoms with E-state index in [2.05, 4.69) is 10.2 Å². The molecule has 0 saturated carbocycles. The van der Waals surface area contributed by atoms with E-state index in [1.54, 1.807) is 4.90 Å². The SMILES string of the molecule is CN(C)C1CCN(C(=O)C2CC(F)(F)CN2)CC1.Cl.Cl. The predicted molar refractivity (Wildman–Crippen MR) is 79.1 cm³/mol. The van der Waals surface area contributed by atoms with Crippen LogP contribution in [0.3, 0.4) is 0 Å². The van der Waals surface area contributed by atoms with Crippen LogP contribution < -0.4 is 5.32 Å². The maximum absolute atomic E-state index is 13.1. The van der Waals surface area contributed by atoms with E-state index in [-0.39, 0.29) is 43.7 Å². The third-order valence-corrected chi connectivity index (χ3v) is 3.91. The first-order valence-corrected chi connectivity index (χ1v) is 6.45. The van der Waals surface area contributed by atoms with Gasteiger partial charge in [-0.3, -0.25) is 10.1 Å². The second kappa shape index (κ2) is 7.73. The van der Waals surface area contributed by atoms with Gasteiger partial charge in [0.15, 0.2) is 0 Å². The highest BCUT2D eigenvalue weighted by molar-refractivity contribution is 5.85.